The highest BCUT2D eigenvalue weighted by Gasteiger charge is 2.40. The zero-order valence-corrected chi connectivity index (χ0v) is 14.1. The summed E-state index contributed by atoms with van der Waals surface area (Å²) in [6.07, 6.45) is 6.48. The quantitative estimate of drug-likeness (QED) is 0.850. The van der Waals surface area contributed by atoms with E-state index in [1.54, 1.807) is 4.90 Å². The van der Waals surface area contributed by atoms with E-state index in [-0.39, 0.29) is 12.1 Å². The molecule has 2 fully saturated rings. The van der Waals surface area contributed by atoms with Gasteiger partial charge < -0.3 is 15.0 Å². The van der Waals surface area contributed by atoms with Crippen molar-refractivity contribution in [1.29, 1.82) is 5.26 Å². The van der Waals surface area contributed by atoms with Crippen LogP contribution in [0.1, 0.15) is 59.8 Å². The summed E-state index contributed by atoms with van der Waals surface area (Å²) in [7, 11) is 0. The van der Waals surface area contributed by atoms with Crippen LogP contribution in [0.2, 0.25) is 0 Å². The largest absolute Gasteiger partial charge is 0.444 e. The topological polar surface area (TPSA) is 65.4 Å². The molecule has 0 radical (unpaired) electrons. The predicted molar refractivity (Wildman–Crippen MR) is 85.0 cm³/mol. The molecule has 5 heteroatoms. The Labute approximate surface area is 133 Å². The van der Waals surface area contributed by atoms with E-state index in [4.69, 9.17) is 4.74 Å². The molecule has 122 valence electrons. The fraction of sp³-hybridized carbons (Fsp3) is 0.765. The van der Waals surface area contributed by atoms with Crippen LogP contribution in [0.3, 0.4) is 0 Å². The van der Waals surface area contributed by atoms with Crippen LogP contribution in [0.25, 0.3) is 0 Å². The smallest absolute Gasteiger partial charge is 0.410 e. The molecule has 2 atom stereocenters. The van der Waals surface area contributed by atoms with Gasteiger partial charge in [-0.05, 0) is 53.2 Å². The molecule has 1 saturated heterocycles. The van der Waals surface area contributed by atoms with Crippen LogP contribution in [0, 0.1) is 11.3 Å². The molecule has 1 amide bonds. The number of nitriles is 1. The van der Waals surface area contributed by atoms with Crippen LogP contribution < -0.4 is 5.32 Å². The van der Waals surface area contributed by atoms with Crippen molar-refractivity contribution in [3.05, 3.63) is 11.8 Å². The highest BCUT2D eigenvalue weighted by molar-refractivity contribution is 5.68. The number of carbonyl (C=O) groups excluding carboxylic acids is 1. The summed E-state index contributed by atoms with van der Waals surface area (Å²) in [5.41, 5.74) is 0.324. The fourth-order valence-corrected chi connectivity index (χ4v) is 2.87. The van der Waals surface area contributed by atoms with Crippen molar-refractivity contribution < 1.29 is 9.53 Å². The van der Waals surface area contributed by atoms with Crippen molar-refractivity contribution in [2.24, 2.45) is 0 Å². The fourth-order valence-electron chi connectivity index (χ4n) is 2.87. The van der Waals surface area contributed by atoms with Crippen LogP contribution in [-0.4, -0.2) is 34.7 Å². The molecule has 2 unspecified atom stereocenters. The van der Waals surface area contributed by atoms with E-state index < -0.39 is 11.1 Å². The van der Waals surface area contributed by atoms with Crippen LogP contribution in [0.4, 0.5) is 4.79 Å². The van der Waals surface area contributed by atoms with Gasteiger partial charge in [0.15, 0.2) is 0 Å². The molecular formula is C17H27N3O2. The monoisotopic (exact) mass is 305 g/mol. The highest BCUT2D eigenvalue weighted by atomic mass is 16.6. The highest BCUT2D eigenvalue weighted by Crippen LogP contribution is 2.30. The molecule has 2 aliphatic rings. The van der Waals surface area contributed by atoms with E-state index in [1.807, 2.05) is 33.9 Å². The molecule has 1 N–H and O–H groups in total. The van der Waals surface area contributed by atoms with Gasteiger partial charge in [-0.15, -0.1) is 0 Å². The third-order valence-corrected chi connectivity index (χ3v) is 4.35. The van der Waals surface area contributed by atoms with Crippen molar-refractivity contribution >= 4 is 6.09 Å². The van der Waals surface area contributed by atoms with E-state index in [1.165, 1.54) is 12.0 Å². The lowest BCUT2D eigenvalue weighted by atomic mass is 9.84. The molecule has 5 nitrogen and oxygen atoms in total. The lowest BCUT2D eigenvalue weighted by molar-refractivity contribution is 0.00654. The third kappa shape index (κ3) is 3.94. The maximum absolute atomic E-state index is 12.2. The minimum absolute atomic E-state index is 0.0180. The summed E-state index contributed by atoms with van der Waals surface area (Å²) >= 11 is 0. The first kappa shape index (κ1) is 16.7. The number of hydrogen-bond donors (Lipinski definition) is 1. The van der Waals surface area contributed by atoms with Gasteiger partial charge in [0.05, 0.1) is 6.07 Å². The molecule has 0 aromatic carbocycles. The number of likely N-dealkylation sites (tertiary alicyclic amines) is 1. The summed E-state index contributed by atoms with van der Waals surface area (Å²) < 4.78 is 5.45. The normalized spacial score (nSPS) is 28.4. The second-order valence-electron chi connectivity index (χ2n) is 7.47. The Morgan fingerprint density at radius 1 is 1.50 bits per heavy atom. The number of piperidine rings is 1. The molecule has 1 heterocycles. The van der Waals surface area contributed by atoms with Crippen molar-refractivity contribution in [2.45, 2.75) is 77.0 Å². The molecule has 1 aliphatic carbocycles. The zero-order chi connectivity index (χ0) is 16.4. The van der Waals surface area contributed by atoms with Gasteiger partial charge in [0.1, 0.15) is 11.1 Å². The number of allylic oxidation sites excluding steroid dienone is 1. The van der Waals surface area contributed by atoms with Gasteiger partial charge in [-0.25, -0.2) is 4.79 Å². The summed E-state index contributed by atoms with van der Waals surface area (Å²) in [6.45, 7) is 8.12. The van der Waals surface area contributed by atoms with Gasteiger partial charge in [0, 0.05) is 25.4 Å². The first-order chi connectivity index (χ1) is 10.2. The molecule has 2 rings (SSSR count). The third-order valence-electron chi connectivity index (χ3n) is 4.35. The van der Waals surface area contributed by atoms with E-state index in [2.05, 4.69) is 11.4 Å². The summed E-state index contributed by atoms with van der Waals surface area (Å²) in [6, 6.07) is 2.41. The molecular weight excluding hydrogens is 278 g/mol. The van der Waals surface area contributed by atoms with Crippen molar-refractivity contribution in [1.82, 2.24) is 10.2 Å². The number of nitrogens with one attached hydrogen (secondary N) is 1. The number of amides is 1. The Bertz CT molecular complexity index is 495. The van der Waals surface area contributed by atoms with Crippen LogP contribution >= 0.6 is 0 Å². The Kier molecular flexibility index (Phi) is 4.69. The summed E-state index contributed by atoms with van der Waals surface area (Å²) in [5.74, 6) is 0. The van der Waals surface area contributed by atoms with Gasteiger partial charge in [-0.1, -0.05) is 5.57 Å². The van der Waals surface area contributed by atoms with E-state index in [0.717, 1.165) is 12.8 Å². The van der Waals surface area contributed by atoms with Gasteiger partial charge in [-0.2, -0.15) is 5.26 Å². The van der Waals surface area contributed by atoms with E-state index >= 15 is 0 Å². The SMILES string of the molecule is CC1CC(C#N)(NC=C2CCC2)CCN1C(=O)OC(C)(C)C. The van der Waals surface area contributed by atoms with Crippen molar-refractivity contribution in [3.63, 3.8) is 0 Å². The maximum atomic E-state index is 12.2. The Morgan fingerprint density at radius 2 is 2.18 bits per heavy atom. The van der Waals surface area contributed by atoms with Crippen LogP contribution in [0.15, 0.2) is 11.8 Å². The molecule has 1 saturated carbocycles. The van der Waals surface area contributed by atoms with Gasteiger partial charge in [-0.3, -0.25) is 0 Å². The lowest BCUT2D eigenvalue weighted by Crippen LogP contribution is -2.56. The number of nitrogens with zero attached hydrogens (tertiary/aromatic N) is 2. The molecule has 22 heavy (non-hydrogen) atoms. The van der Waals surface area contributed by atoms with Crippen LogP contribution in [0.5, 0.6) is 0 Å². The number of rotatable bonds is 2. The van der Waals surface area contributed by atoms with Gasteiger partial charge in [0.25, 0.3) is 0 Å². The molecule has 0 spiro atoms. The van der Waals surface area contributed by atoms with E-state index in [9.17, 15) is 10.1 Å². The molecule has 0 aromatic rings. The number of ether oxygens (including phenoxy) is 1. The standard InChI is InChI=1S/C17H27N3O2/c1-13-10-17(12-18,19-11-14-6-5-7-14)8-9-20(13)15(21)22-16(2,3)4/h11,13,19H,5-10H2,1-4H3. The molecule has 0 bridgehead atoms. The Morgan fingerprint density at radius 3 is 2.64 bits per heavy atom. The Hall–Kier alpha value is -1.70. The first-order valence-corrected chi connectivity index (χ1v) is 8.11. The molecule has 0 aromatic heterocycles. The average molecular weight is 305 g/mol. The summed E-state index contributed by atoms with van der Waals surface area (Å²) in [5, 5.41) is 12.9. The first-order valence-electron chi connectivity index (χ1n) is 8.11. The number of carbonyl (C=O) groups is 1. The summed E-state index contributed by atoms with van der Waals surface area (Å²) in [4.78, 5) is 14.0. The van der Waals surface area contributed by atoms with Gasteiger partial charge in [0.2, 0.25) is 0 Å². The lowest BCUT2D eigenvalue weighted by Gasteiger charge is -2.42. The molecule has 1 aliphatic heterocycles. The van der Waals surface area contributed by atoms with E-state index in [0.29, 0.717) is 19.4 Å². The second kappa shape index (κ2) is 6.20. The second-order valence-corrected chi connectivity index (χ2v) is 7.47. The average Bonchev–Trinajstić information content (AvgIpc) is 2.34. The Balaban J connectivity index is 1.98. The van der Waals surface area contributed by atoms with Crippen molar-refractivity contribution in [2.75, 3.05) is 6.54 Å². The minimum atomic E-state index is -0.569. The van der Waals surface area contributed by atoms with Crippen molar-refractivity contribution in [3.8, 4) is 6.07 Å². The zero-order valence-electron chi connectivity index (χ0n) is 14.1. The minimum Gasteiger partial charge on any atom is -0.444 e. The number of hydrogen-bond acceptors (Lipinski definition) is 4. The van der Waals surface area contributed by atoms with Crippen LogP contribution in [-0.2, 0) is 4.74 Å². The maximum Gasteiger partial charge on any atom is 0.410 e. The predicted octanol–water partition coefficient (Wildman–Crippen LogP) is 3.33. The van der Waals surface area contributed by atoms with Gasteiger partial charge >= 0.3 is 6.09 Å².